The highest BCUT2D eigenvalue weighted by Crippen LogP contribution is 2.10. The maximum Gasteiger partial charge on any atom is 0.308 e. The van der Waals surface area contributed by atoms with E-state index in [1.165, 1.54) is 6.92 Å². The Hall–Kier alpha value is -3.10. The number of rotatable bonds is 6. The molecule has 122 valence electrons. The van der Waals surface area contributed by atoms with Crippen LogP contribution in [-0.4, -0.2) is 37.2 Å². The molecule has 1 aromatic heterocycles. The number of aromatic nitrogens is 2. The van der Waals surface area contributed by atoms with Gasteiger partial charge < -0.3 is 20.6 Å². The lowest BCUT2D eigenvalue weighted by atomic mass is 10.2. The van der Waals surface area contributed by atoms with E-state index in [2.05, 4.69) is 20.4 Å². The number of nitrogens with one attached hydrogen (secondary N) is 2. The van der Waals surface area contributed by atoms with Gasteiger partial charge in [0.05, 0.1) is 12.3 Å². The third kappa shape index (κ3) is 3.96. The van der Waals surface area contributed by atoms with Crippen molar-refractivity contribution in [3.63, 3.8) is 0 Å². The van der Waals surface area contributed by atoms with Crippen molar-refractivity contribution in [2.75, 3.05) is 20.2 Å². The molecule has 2 rings (SSSR count). The predicted molar refractivity (Wildman–Crippen MR) is 77.9 cm³/mol. The Kier molecular flexibility index (Phi) is 5.13. The van der Waals surface area contributed by atoms with Crippen LogP contribution < -0.4 is 20.3 Å². The third-order valence-corrected chi connectivity index (χ3v) is 3.09. The number of carbonyl (C=O) groups excluding carboxylic acids is 2. The normalized spacial score (nSPS) is 10.2. The molecule has 0 aliphatic carbocycles. The largest absolute Gasteiger partial charge is 0.497 e. The lowest BCUT2D eigenvalue weighted by molar-refractivity contribution is -0.806. The van der Waals surface area contributed by atoms with Gasteiger partial charge in [0.25, 0.3) is 5.91 Å². The first-order chi connectivity index (χ1) is 11.0. The van der Waals surface area contributed by atoms with Gasteiger partial charge in [-0.2, -0.15) is 0 Å². The van der Waals surface area contributed by atoms with Crippen LogP contribution in [0.1, 0.15) is 26.5 Å². The fourth-order valence-electron chi connectivity index (χ4n) is 1.78. The van der Waals surface area contributed by atoms with Crippen LogP contribution in [0.25, 0.3) is 0 Å². The third-order valence-electron chi connectivity index (χ3n) is 3.09. The maximum absolute atomic E-state index is 11.9. The van der Waals surface area contributed by atoms with Crippen LogP contribution in [0.2, 0.25) is 0 Å². The number of carbonyl (C=O) groups is 2. The van der Waals surface area contributed by atoms with Crippen LogP contribution in [0.5, 0.6) is 5.75 Å². The zero-order chi connectivity index (χ0) is 16.8. The molecule has 0 spiro atoms. The monoisotopic (exact) mass is 320 g/mol. The number of ether oxygens (including phenoxy) is 1. The van der Waals surface area contributed by atoms with E-state index in [9.17, 15) is 14.8 Å². The number of benzene rings is 1. The summed E-state index contributed by atoms with van der Waals surface area (Å²) in [5.41, 5.74) is 0.475. The van der Waals surface area contributed by atoms with Crippen molar-refractivity contribution in [2.45, 2.75) is 6.92 Å². The molecule has 0 fully saturated rings. The van der Waals surface area contributed by atoms with Gasteiger partial charge in [0.15, 0.2) is 0 Å². The first-order valence-electron chi connectivity index (χ1n) is 6.79. The second-order valence-electron chi connectivity index (χ2n) is 4.60. The zero-order valence-corrected chi connectivity index (χ0v) is 12.7. The van der Waals surface area contributed by atoms with Crippen molar-refractivity contribution in [2.24, 2.45) is 0 Å². The van der Waals surface area contributed by atoms with Crippen LogP contribution in [0.4, 0.5) is 0 Å². The summed E-state index contributed by atoms with van der Waals surface area (Å²) in [5, 5.41) is 19.6. The molecule has 0 atom stereocenters. The molecule has 9 heteroatoms. The van der Waals surface area contributed by atoms with Crippen LogP contribution in [0.15, 0.2) is 28.9 Å². The van der Waals surface area contributed by atoms with Crippen LogP contribution in [0, 0.1) is 12.1 Å². The molecule has 2 N–H and O–H groups in total. The first-order valence-corrected chi connectivity index (χ1v) is 6.79. The average Bonchev–Trinajstić information content (AvgIpc) is 2.90. The Labute approximate surface area is 131 Å². The molecule has 1 aromatic carbocycles. The van der Waals surface area contributed by atoms with Crippen LogP contribution in [0.3, 0.4) is 0 Å². The molecule has 0 saturated carbocycles. The van der Waals surface area contributed by atoms with E-state index in [1.807, 2.05) is 0 Å². The second-order valence-corrected chi connectivity index (χ2v) is 4.60. The number of nitrogens with zero attached hydrogens (tertiary/aromatic N) is 2. The van der Waals surface area contributed by atoms with Crippen LogP contribution >= 0.6 is 0 Å². The van der Waals surface area contributed by atoms with Gasteiger partial charge in [-0.25, -0.2) is 0 Å². The van der Waals surface area contributed by atoms with Crippen LogP contribution in [-0.2, 0) is 0 Å². The molecule has 23 heavy (non-hydrogen) atoms. The van der Waals surface area contributed by atoms with E-state index in [4.69, 9.17) is 4.74 Å². The molecule has 0 unspecified atom stereocenters. The van der Waals surface area contributed by atoms with E-state index in [1.54, 1.807) is 31.4 Å². The predicted octanol–water partition coefficient (Wildman–Crippen LogP) is -0.215. The maximum atomic E-state index is 11.9. The molecule has 2 amide bonds. The van der Waals surface area contributed by atoms with Gasteiger partial charge >= 0.3 is 11.6 Å². The topological polar surface area (TPSA) is 120 Å². The Morgan fingerprint density at radius 3 is 2.35 bits per heavy atom. The summed E-state index contributed by atoms with van der Waals surface area (Å²) < 4.78 is 9.32. The van der Waals surface area contributed by atoms with E-state index >= 15 is 0 Å². The minimum absolute atomic E-state index is 0.0739. The summed E-state index contributed by atoms with van der Waals surface area (Å²) in [6, 6.07) is 6.64. The van der Waals surface area contributed by atoms with Crippen molar-refractivity contribution in [3.05, 3.63) is 46.4 Å². The fraction of sp³-hybridized carbons (Fsp3) is 0.286. The SMILES string of the molecule is COc1ccc(C(=O)NCCNC(=O)c2no[n+]([O-])c2C)cc1. The van der Waals surface area contributed by atoms with E-state index in [-0.39, 0.29) is 35.3 Å². The summed E-state index contributed by atoms with van der Waals surface area (Å²) in [7, 11) is 1.54. The lowest BCUT2D eigenvalue weighted by Crippen LogP contribution is -2.35. The standard InChI is InChI=1S/C14H16N4O5/c1-9-12(17-23-18(9)21)14(20)16-8-7-15-13(19)10-3-5-11(22-2)6-4-10/h3-6H,7-8H2,1-2H3,(H,15,19)(H,16,20). The zero-order valence-electron chi connectivity index (χ0n) is 12.7. The number of hydrogen-bond donors (Lipinski definition) is 2. The van der Waals surface area contributed by atoms with Crippen molar-refractivity contribution < 1.29 is 23.9 Å². The van der Waals surface area contributed by atoms with Crippen molar-refractivity contribution in [1.29, 1.82) is 0 Å². The Bertz CT molecular complexity index is 696. The Balaban J connectivity index is 1.77. The van der Waals surface area contributed by atoms with Gasteiger partial charge in [-0.05, 0) is 29.2 Å². The molecule has 2 aromatic rings. The number of hydrogen-bond acceptors (Lipinski definition) is 6. The molecule has 0 aliphatic rings. The molecular weight excluding hydrogens is 304 g/mol. The summed E-state index contributed by atoms with van der Waals surface area (Å²) in [6.07, 6.45) is 0. The molecule has 0 saturated heterocycles. The molecule has 0 radical (unpaired) electrons. The highest BCUT2D eigenvalue weighted by atomic mass is 16.8. The molecule has 1 heterocycles. The number of amides is 2. The van der Waals surface area contributed by atoms with Crippen molar-refractivity contribution in [3.8, 4) is 5.75 Å². The van der Waals surface area contributed by atoms with Gasteiger partial charge in [-0.1, -0.05) is 0 Å². The minimum atomic E-state index is -0.542. The minimum Gasteiger partial charge on any atom is -0.497 e. The molecule has 9 nitrogen and oxygen atoms in total. The summed E-state index contributed by atoms with van der Waals surface area (Å²) in [4.78, 5) is 23.8. The molecular formula is C14H16N4O5. The Morgan fingerprint density at radius 1 is 1.22 bits per heavy atom. The highest BCUT2D eigenvalue weighted by molar-refractivity contribution is 5.94. The fourth-order valence-corrected chi connectivity index (χ4v) is 1.78. The first kappa shape index (κ1) is 16.3. The quantitative estimate of drug-likeness (QED) is 0.561. The molecule has 0 aliphatic heterocycles. The smallest absolute Gasteiger partial charge is 0.308 e. The number of methoxy groups -OCH3 is 1. The van der Waals surface area contributed by atoms with Gasteiger partial charge in [0.2, 0.25) is 5.69 Å². The summed E-state index contributed by atoms with van der Waals surface area (Å²) >= 11 is 0. The van der Waals surface area contributed by atoms with E-state index < -0.39 is 5.91 Å². The summed E-state index contributed by atoms with van der Waals surface area (Å²) in [6.45, 7) is 1.83. The Morgan fingerprint density at radius 2 is 1.83 bits per heavy atom. The second kappa shape index (κ2) is 7.25. The van der Waals surface area contributed by atoms with E-state index in [0.29, 0.717) is 11.3 Å². The van der Waals surface area contributed by atoms with Gasteiger partial charge in [-0.15, -0.1) is 0 Å². The van der Waals surface area contributed by atoms with Gasteiger partial charge in [0, 0.05) is 25.6 Å². The van der Waals surface area contributed by atoms with E-state index in [0.717, 1.165) is 0 Å². The molecule has 0 bridgehead atoms. The van der Waals surface area contributed by atoms with Gasteiger partial charge in [0.1, 0.15) is 5.75 Å². The lowest BCUT2D eigenvalue weighted by Gasteiger charge is -2.06. The van der Waals surface area contributed by atoms with Crippen molar-refractivity contribution in [1.82, 2.24) is 15.8 Å². The highest BCUT2D eigenvalue weighted by Gasteiger charge is 2.22. The van der Waals surface area contributed by atoms with Crippen molar-refractivity contribution >= 4 is 11.8 Å². The summed E-state index contributed by atoms with van der Waals surface area (Å²) in [5.74, 6) is -0.149. The average molecular weight is 320 g/mol. The van der Waals surface area contributed by atoms with Gasteiger partial charge in [-0.3, -0.25) is 14.2 Å².